The fraction of sp³-hybridized carbons (Fsp3) is 0. The topological polar surface area (TPSA) is 48.3 Å². The fourth-order valence-corrected chi connectivity index (χ4v) is 8.10. The quantitative estimate of drug-likeness (QED) is 0.174. The molecule has 0 aliphatic heterocycles. The highest BCUT2D eigenvalue weighted by Gasteiger charge is 2.19. The van der Waals surface area contributed by atoms with Gasteiger partial charge in [-0.25, -0.2) is 0 Å². The second kappa shape index (κ2) is 11.4. The zero-order valence-electron chi connectivity index (χ0n) is 28.4. The van der Waals surface area contributed by atoms with E-state index in [9.17, 15) is 4.79 Å². The van der Waals surface area contributed by atoms with Crippen LogP contribution in [0.1, 0.15) is 0 Å². The first kappa shape index (κ1) is 29.5. The van der Waals surface area contributed by atoms with Gasteiger partial charge in [-0.05, 0) is 70.8 Å². The summed E-state index contributed by atoms with van der Waals surface area (Å²) in [4.78, 5) is 14.8. The van der Waals surface area contributed by atoms with E-state index in [2.05, 4.69) is 126 Å². The van der Waals surface area contributed by atoms with E-state index in [1.807, 2.05) is 54.6 Å². The Bertz CT molecular complexity index is 3110. The third kappa shape index (κ3) is 4.52. The Labute approximate surface area is 303 Å². The van der Waals surface area contributed by atoms with Crippen LogP contribution in [0.25, 0.3) is 105 Å². The van der Waals surface area contributed by atoms with E-state index < -0.39 is 0 Å². The van der Waals surface area contributed by atoms with Crippen LogP contribution < -0.4 is 5.43 Å². The second-order valence-corrected chi connectivity index (χ2v) is 13.6. The Balaban J connectivity index is 1.17. The van der Waals surface area contributed by atoms with Crippen LogP contribution in [-0.4, -0.2) is 4.57 Å². The number of hydrogen-bond donors (Lipinski definition) is 0. The molecule has 0 spiro atoms. The zero-order valence-corrected chi connectivity index (χ0v) is 28.4. The van der Waals surface area contributed by atoms with E-state index in [-0.39, 0.29) is 5.43 Å². The number of benzene rings is 8. The predicted octanol–water partition coefficient (Wildman–Crippen LogP) is 12.9. The van der Waals surface area contributed by atoms with Gasteiger partial charge in [0.25, 0.3) is 0 Å². The Kier molecular flexibility index (Phi) is 6.37. The molecule has 0 bridgehead atoms. The number of pyridine rings is 1. The smallest absolute Gasteiger partial charge is 0.197 e. The van der Waals surface area contributed by atoms with Crippen molar-refractivity contribution in [2.75, 3.05) is 0 Å². The van der Waals surface area contributed by atoms with E-state index in [0.717, 1.165) is 94.0 Å². The molecule has 4 nitrogen and oxygen atoms in total. The number of rotatable bonds is 4. The average molecular weight is 680 g/mol. The van der Waals surface area contributed by atoms with Crippen LogP contribution in [0, 0.1) is 0 Å². The summed E-state index contributed by atoms with van der Waals surface area (Å²) in [6, 6.07) is 60.0. The molecule has 0 saturated carbocycles. The summed E-state index contributed by atoms with van der Waals surface area (Å²) in [5.74, 6) is 0. The minimum absolute atomic E-state index is 0.0237. The average Bonchev–Trinajstić information content (AvgIpc) is 3.80. The molecular weight excluding hydrogens is 651 g/mol. The molecule has 11 rings (SSSR count). The standard InChI is InChI=1S/C49H29NO3/c51-47-41-28-32(35-14-8-16-39-37-12-4-6-18-45(37)52-48(35)39)22-26-43(41)50(34-24-20-31(21-25-34)30-10-2-1-3-11-30)44-27-23-33(29-42(44)47)36-15-9-17-40-38-13-5-7-19-46(38)53-49(36)40/h1-29H. The van der Waals surface area contributed by atoms with Crippen molar-refractivity contribution in [3.8, 4) is 39.1 Å². The van der Waals surface area contributed by atoms with Gasteiger partial charge >= 0.3 is 0 Å². The third-order valence-electron chi connectivity index (χ3n) is 10.6. The Morgan fingerprint density at radius 3 is 1.36 bits per heavy atom. The van der Waals surface area contributed by atoms with E-state index in [1.165, 1.54) is 0 Å². The molecule has 3 aromatic heterocycles. The van der Waals surface area contributed by atoms with Gasteiger partial charge in [-0.2, -0.15) is 0 Å². The first-order chi connectivity index (χ1) is 26.2. The highest BCUT2D eigenvalue weighted by atomic mass is 16.3. The van der Waals surface area contributed by atoms with Crippen LogP contribution >= 0.6 is 0 Å². The van der Waals surface area contributed by atoms with Crippen LogP contribution in [0.4, 0.5) is 0 Å². The SMILES string of the molecule is O=c1c2cc(-c3cccc4c3oc3ccccc34)ccc2n(-c2ccc(-c3ccccc3)cc2)c2ccc(-c3cccc4c3oc3ccccc34)cc12. The fourth-order valence-electron chi connectivity index (χ4n) is 8.10. The third-order valence-corrected chi connectivity index (χ3v) is 10.6. The lowest BCUT2D eigenvalue weighted by Crippen LogP contribution is -2.11. The number of aromatic nitrogens is 1. The molecule has 248 valence electrons. The predicted molar refractivity (Wildman–Crippen MR) is 218 cm³/mol. The van der Waals surface area contributed by atoms with Gasteiger partial charge in [-0.1, -0.05) is 127 Å². The van der Waals surface area contributed by atoms with Gasteiger partial charge in [0.1, 0.15) is 22.3 Å². The first-order valence-electron chi connectivity index (χ1n) is 17.8. The maximum Gasteiger partial charge on any atom is 0.197 e. The Hall–Kier alpha value is -7.17. The van der Waals surface area contributed by atoms with Crippen LogP contribution in [-0.2, 0) is 0 Å². The van der Waals surface area contributed by atoms with E-state index in [1.54, 1.807) is 0 Å². The summed E-state index contributed by atoms with van der Waals surface area (Å²) in [5.41, 5.74) is 12.0. The van der Waals surface area contributed by atoms with Crippen LogP contribution in [0.3, 0.4) is 0 Å². The van der Waals surface area contributed by atoms with Gasteiger partial charge in [0.05, 0.1) is 11.0 Å². The van der Waals surface area contributed by atoms with Gasteiger partial charge in [0.15, 0.2) is 5.43 Å². The van der Waals surface area contributed by atoms with Gasteiger partial charge in [-0.3, -0.25) is 4.79 Å². The summed E-state index contributed by atoms with van der Waals surface area (Å²) >= 11 is 0. The first-order valence-corrected chi connectivity index (χ1v) is 17.8. The number of hydrogen-bond acceptors (Lipinski definition) is 3. The molecule has 3 heterocycles. The molecular formula is C49H29NO3. The Morgan fingerprint density at radius 1 is 0.358 bits per heavy atom. The molecule has 0 aliphatic rings. The lowest BCUT2D eigenvalue weighted by atomic mass is 9.97. The second-order valence-electron chi connectivity index (χ2n) is 13.6. The van der Waals surface area contributed by atoms with Crippen LogP contribution in [0.5, 0.6) is 0 Å². The molecule has 0 fully saturated rings. The minimum atomic E-state index is -0.0237. The number of furan rings is 2. The molecule has 0 saturated heterocycles. The maximum absolute atomic E-state index is 14.8. The van der Waals surface area contributed by atoms with Crippen molar-refractivity contribution in [3.05, 3.63) is 186 Å². The monoisotopic (exact) mass is 679 g/mol. The highest BCUT2D eigenvalue weighted by Crippen LogP contribution is 2.39. The van der Waals surface area contributed by atoms with Gasteiger partial charge in [0.2, 0.25) is 0 Å². The molecule has 0 radical (unpaired) electrons. The normalized spacial score (nSPS) is 11.8. The van der Waals surface area contributed by atoms with Crippen molar-refractivity contribution in [3.63, 3.8) is 0 Å². The van der Waals surface area contributed by atoms with Gasteiger partial charge in [-0.15, -0.1) is 0 Å². The van der Waals surface area contributed by atoms with Crippen molar-refractivity contribution in [1.29, 1.82) is 0 Å². The van der Waals surface area contributed by atoms with Crippen LogP contribution in [0.15, 0.2) is 190 Å². The number of nitrogens with zero attached hydrogens (tertiary/aromatic N) is 1. The lowest BCUT2D eigenvalue weighted by molar-refractivity contribution is 0.669. The largest absolute Gasteiger partial charge is 0.455 e. The number of fused-ring (bicyclic) bond motifs is 8. The van der Waals surface area contributed by atoms with Crippen molar-refractivity contribution < 1.29 is 8.83 Å². The molecule has 0 unspecified atom stereocenters. The minimum Gasteiger partial charge on any atom is -0.455 e. The van der Waals surface area contributed by atoms with Gasteiger partial charge < -0.3 is 13.4 Å². The Morgan fingerprint density at radius 2 is 0.811 bits per heavy atom. The summed E-state index contributed by atoms with van der Waals surface area (Å²) in [6.45, 7) is 0. The molecule has 11 aromatic rings. The molecule has 0 amide bonds. The van der Waals surface area contributed by atoms with Crippen molar-refractivity contribution in [1.82, 2.24) is 4.57 Å². The molecule has 0 N–H and O–H groups in total. The lowest BCUT2D eigenvalue weighted by Gasteiger charge is -2.17. The molecule has 53 heavy (non-hydrogen) atoms. The van der Waals surface area contributed by atoms with Crippen molar-refractivity contribution in [2.45, 2.75) is 0 Å². The van der Waals surface area contributed by atoms with E-state index >= 15 is 0 Å². The van der Waals surface area contributed by atoms with E-state index in [0.29, 0.717) is 10.8 Å². The summed E-state index contributed by atoms with van der Waals surface area (Å²) in [6.07, 6.45) is 0. The van der Waals surface area contributed by atoms with E-state index in [4.69, 9.17) is 8.83 Å². The summed E-state index contributed by atoms with van der Waals surface area (Å²) in [5, 5.41) is 5.52. The maximum atomic E-state index is 14.8. The van der Waals surface area contributed by atoms with Crippen molar-refractivity contribution in [2.24, 2.45) is 0 Å². The molecule has 0 atom stereocenters. The summed E-state index contributed by atoms with van der Waals surface area (Å²) in [7, 11) is 0. The van der Waals surface area contributed by atoms with Crippen LogP contribution in [0.2, 0.25) is 0 Å². The van der Waals surface area contributed by atoms with Gasteiger partial charge in [0, 0.05) is 49.1 Å². The number of para-hydroxylation sites is 4. The molecule has 8 aromatic carbocycles. The summed E-state index contributed by atoms with van der Waals surface area (Å²) < 4.78 is 15.0. The molecule has 0 aliphatic carbocycles. The highest BCUT2D eigenvalue weighted by molar-refractivity contribution is 6.11. The van der Waals surface area contributed by atoms with Crippen molar-refractivity contribution >= 4 is 65.7 Å². The molecule has 4 heteroatoms. The zero-order chi connectivity index (χ0) is 35.0.